The highest BCUT2D eigenvalue weighted by Crippen LogP contribution is 2.25. The molecule has 4 heteroatoms. The highest BCUT2D eigenvalue weighted by atomic mass is 35.5. The topological polar surface area (TPSA) is 26.0 Å². The Balaban J connectivity index is 1.79. The fourth-order valence-electron chi connectivity index (χ4n) is 1.67. The number of fused-ring (bicyclic) bond motifs is 1. The summed E-state index contributed by atoms with van der Waals surface area (Å²) in [5.74, 6) is 1.44. The highest BCUT2D eigenvalue weighted by molar-refractivity contribution is 7.98. The van der Waals surface area contributed by atoms with E-state index in [1.807, 2.05) is 36.4 Å². The molecule has 0 aliphatic heterocycles. The van der Waals surface area contributed by atoms with Gasteiger partial charge in [-0.2, -0.15) is 0 Å². The van der Waals surface area contributed by atoms with E-state index in [0.717, 1.165) is 22.7 Å². The maximum absolute atomic E-state index is 5.91. The molecule has 0 N–H and O–H groups in total. The summed E-state index contributed by atoms with van der Waals surface area (Å²) in [6, 6.07) is 15.7. The van der Waals surface area contributed by atoms with Crippen molar-refractivity contribution in [2.45, 2.75) is 10.6 Å². The van der Waals surface area contributed by atoms with Crippen LogP contribution in [-0.4, -0.2) is 4.98 Å². The number of hydrogen-bond acceptors (Lipinski definition) is 3. The standard InChI is InChI=1S/C14H10ClNOS/c15-10-6-7-13-12(8-10)16-14(17-13)9-18-11-4-2-1-3-5-11/h1-8H,9H2. The fraction of sp³-hybridized carbons (Fsp3) is 0.0714. The Hall–Kier alpha value is -1.45. The fourth-order valence-corrected chi connectivity index (χ4v) is 2.60. The molecule has 90 valence electrons. The Morgan fingerprint density at radius 1 is 1.11 bits per heavy atom. The van der Waals surface area contributed by atoms with Gasteiger partial charge in [0.2, 0.25) is 5.89 Å². The molecule has 0 atom stereocenters. The second-order valence-corrected chi connectivity index (χ2v) is 5.31. The van der Waals surface area contributed by atoms with Crippen LogP contribution in [0, 0.1) is 0 Å². The Morgan fingerprint density at radius 3 is 2.78 bits per heavy atom. The molecule has 3 rings (SSSR count). The molecule has 18 heavy (non-hydrogen) atoms. The molecule has 0 saturated carbocycles. The average molecular weight is 276 g/mol. The van der Waals surface area contributed by atoms with Crippen LogP contribution in [0.1, 0.15) is 5.89 Å². The van der Waals surface area contributed by atoms with Crippen molar-refractivity contribution in [2.24, 2.45) is 0 Å². The van der Waals surface area contributed by atoms with E-state index in [2.05, 4.69) is 17.1 Å². The smallest absolute Gasteiger partial charge is 0.205 e. The summed E-state index contributed by atoms with van der Waals surface area (Å²) in [5.41, 5.74) is 1.59. The van der Waals surface area contributed by atoms with Crippen molar-refractivity contribution in [2.75, 3.05) is 0 Å². The van der Waals surface area contributed by atoms with Crippen LogP contribution in [0.15, 0.2) is 57.8 Å². The SMILES string of the molecule is Clc1ccc2oc(CSc3ccccc3)nc2c1. The lowest BCUT2D eigenvalue weighted by Crippen LogP contribution is -1.79. The monoisotopic (exact) mass is 275 g/mol. The van der Waals surface area contributed by atoms with E-state index in [-0.39, 0.29) is 0 Å². The normalized spacial score (nSPS) is 10.9. The van der Waals surface area contributed by atoms with E-state index in [4.69, 9.17) is 16.0 Å². The van der Waals surface area contributed by atoms with Gasteiger partial charge in [-0.05, 0) is 30.3 Å². The minimum atomic E-state index is 0.679. The predicted molar refractivity (Wildman–Crippen MR) is 75.0 cm³/mol. The molecule has 1 aromatic heterocycles. The van der Waals surface area contributed by atoms with Gasteiger partial charge in [-0.1, -0.05) is 29.8 Å². The van der Waals surface area contributed by atoms with Crippen molar-refractivity contribution in [3.63, 3.8) is 0 Å². The summed E-state index contributed by atoms with van der Waals surface area (Å²) in [5, 5.41) is 0.679. The number of hydrogen-bond donors (Lipinski definition) is 0. The van der Waals surface area contributed by atoms with E-state index >= 15 is 0 Å². The average Bonchev–Trinajstić information content (AvgIpc) is 2.79. The quantitative estimate of drug-likeness (QED) is 0.644. The number of oxazole rings is 1. The lowest BCUT2D eigenvalue weighted by molar-refractivity contribution is 0.556. The van der Waals surface area contributed by atoms with Crippen LogP contribution in [0.3, 0.4) is 0 Å². The summed E-state index contributed by atoms with van der Waals surface area (Å²) in [4.78, 5) is 5.62. The molecular weight excluding hydrogens is 266 g/mol. The zero-order valence-electron chi connectivity index (χ0n) is 9.47. The summed E-state index contributed by atoms with van der Waals surface area (Å²) in [6.45, 7) is 0. The predicted octanol–water partition coefficient (Wildman–Crippen LogP) is 4.77. The summed E-state index contributed by atoms with van der Waals surface area (Å²) >= 11 is 7.62. The van der Waals surface area contributed by atoms with Crippen LogP contribution in [-0.2, 0) is 5.75 Å². The molecule has 0 aliphatic rings. The lowest BCUT2D eigenvalue weighted by atomic mass is 10.3. The third-order valence-corrected chi connectivity index (χ3v) is 3.73. The van der Waals surface area contributed by atoms with Gasteiger partial charge in [0.1, 0.15) is 5.52 Å². The first-order valence-electron chi connectivity index (χ1n) is 5.54. The molecule has 3 aromatic rings. The molecule has 0 bridgehead atoms. The van der Waals surface area contributed by atoms with Gasteiger partial charge in [0.25, 0.3) is 0 Å². The van der Waals surface area contributed by atoms with E-state index in [1.54, 1.807) is 11.8 Å². The van der Waals surface area contributed by atoms with Gasteiger partial charge in [-0.15, -0.1) is 11.8 Å². The molecule has 0 saturated heterocycles. The largest absolute Gasteiger partial charge is 0.440 e. The number of aromatic nitrogens is 1. The lowest BCUT2D eigenvalue weighted by Gasteiger charge is -1.96. The molecule has 0 spiro atoms. The Morgan fingerprint density at radius 2 is 1.94 bits per heavy atom. The van der Waals surface area contributed by atoms with Crippen LogP contribution in [0.25, 0.3) is 11.1 Å². The molecular formula is C14H10ClNOS. The first kappa shape index (κ1) is 11.6. The van der Waals surface area contributed by atoms with Crippen LogP contribution in [0.2, 0.25) is 5.02 Å². The van der Waals surface area contributed by atoms with Crippen LogP contribution < -0.4 is 0 Å². The first-order chi connectivity index (χ1) is 8.81. The van der Waals surface area contributed by atoms with Crippen LogP contribution >= 0.6 is 23.4 Å². The Kier molecular flexibility index (Phi) is 3.26. The highest BCUT2D eigenvalue weighted by Gasteiger charge is 2.06. The molecule has 0 aliphatic carbocycles. The van der Waals surface area contributed by atoms with Crippen molar-refractivity contribution in [1.29, 1.82) is 0 Å². The maximum Gasteiger partial charge on any atom is 0.205 e. The van der Waals surface area contributed by atoms with Crippen molar-refractivity contribution >= 4 is 34.5 Å². The zero-order chi connectivity index (χ0) is 12.4. The molecule has 0 fully saturated rings. The van der Waals surface area contributed by atoms with Crippen LogP contribution in [0.4, 0.5) is 0 Å². The van der Waals surface area contributed by atoms with E-state index in [0.29, 0.717) is 5.02 Å². The summed E-state index contributed by atoms with van der Waals surface area (Å²) in [6.07, 6.45) is 0. The van der Waals surface area contributed by atoms with Crippen molar-refractivity contribution in [3.8, 4) is 0 Å². The van der Waals surface area contributed by atoms with Gasteiger partial charge in [-0.25, -0.2) is 4.98 Å². The minimum Gasteiger partial charge on any atom is -0.440 e. The molecule has 2 nitrogen and oxygen atoms in total. The third-order valence-electron chi connectivity index (χ3n) is 2.50. The second-order valence-electron chi connectivity index (χ2n) is 3.82. The van der Waals surface area contributed by atoms with E-state index in [9.17, 15) is 0 Å². The zero-order valence-corrected chi connectivity index (χ0v) is 11.0. The molecule has 0 radical (unpaired) electrons. The maximum atomic E-state index is 5.91. The summed E-state index contributed by atoms with van der Waals surface area (Å²) in [7, 11) is 0. The number of nitrogens with zero attached hydrogens (tertiary/aromatic N) is 1. The van der Waals surface area contributed by atoms with Gasteiger partial charge in [0.05, 0.1) is 5.75 Å². The first-order valence-corrected chi connectivity index (χ1v) is 6.90. The number of thioether (sulfide) groups is 1. The Labute approximate surface area is 114 Å². The third kappa shape index (κ3) is 2.52. The second kappa shape index (κ2) is 5.04. The minimum absolute atomic E-state index is 0.679. The molecule has 2 aromatic carbocycles. The number of rotatable bonds is 3. The van der Waals surface area contributed by atoms with Crippen molar-refractivity contribution < 1.29 is 4.42 Å². The molecule has 0 amide bonds. The van der Waals surface area contributed by atoms with E-state index in [1.165, 1.54) is 4.90 Å². The molecule has 1 heterocycles. The number of halogens is 1. The Bertz CT molecular complexity index is 666. The number of benzene rings is 2. The van der Waals surface area contributed by atoms with E-state index < -0.39 is 0 Å². The molecule has 0 unspecified atom stereocenters. The summed E-state index contributed by atoms with van der Waals surface area (Å²) < 4.78 is 5.65. The van der Waals surface area contributed by atoms with Gasteiger partial charge >= 0.3 is 0 Å². The van der Waals surface area contributed by atoms with Gasteiger partial charge in [0, 0.05) is 9.92 Å². The van der Waals surface area contributed by atoms with Gasteiger partial charge in [0.15, 0.2) is 5.58 Å². The van der Waals surface area contributed by atoms with Crippen molar-refractivity contribution in [3.05, 3.63) is 59.4 Å². The van der Waals surface area contributed by atoms with Gasteiger partial charge in [-0.3, -0.25) is 0 Å². The van der Waals surface area contributed by atoms with Crippen LogP contribution in [0.5, 0.6) is 0 Å². The van der Waals surface area contributed by atoms with Crippen molar-refractivity contribution in [1.82, 2.24) is 4.98 Å². The van der Waals surface area contributed by atoms with Gasteiger partial charge < -0.3 is 4.42 Å².